The number of benzene rings is 2. The van der Waals surface area contributed by atoms with Crippen LogP contribution in [0, 0.1) is 6.92 Å². The Morgan fingerprint density at radius 1 is 1.16 bits per heavy atom. The SMILES string of the molecule is Cc1ccccc1-n1c(SCC(=O)NC2CCCC2)nc2c([nH]c3ccccc32)c1=O. The molecule has 0 saturated heterocycles. The molecule has 1 saturated carbocycles. The zero-order valence-corrected chi connectivity index (χ0v) is 18.2. The molecule has 0 atom stereocenters. The number of aromatic nitrogens is 3. The van der Waals surface area contributed by atoms with Gasteiger partial charge in [0.05, 0.1) is 11.4 Å². The summed E-state index contributed by atoms with van der Waals surface area (Å²) in [5.41, 5.74) is 3.58. The number of hydrogen-bond donors (Lipinski definition) is 2. The molecule has 5 rings (SSSR count). The summed E-state index contributed by atoms with van der Waals surface area (Å²) in [6.45, 7) is 1.97. The Labute approximate surface area is 184 Å². The molecule has 2 aromatic carbocycles. The lowest BCUT2D eigenvalue weighted by atomic mass is 10.2. The van der Waals surface area contributed by atoms with E-state index in [1.165, 1.54) is 24.6 Å². The third-order valence-electron chi connectivity index (χ3n) is 5.90. The molecular formula is C24H24N4O2S. The van der Waals surface area contributed by atoms with Crippen LogP contribution in [0.3, 0.4) is 0 Å². The fourth-order valence-electron chi connectivity index (χ4n) is 4.34. The van der Waals surface area contributed by atoms with Crippen LogP contribution in [-0.4, -0.2) is 32.2 Å². The molecule has 7 heteroatoms. The van der Waals surface area contributed by atoms with E-state index in [4.69, 9.17) is 4.98 Å². The normalized spacial score (nSPS) is 14.5. The number of carbonyl (C=O) groups excluding carboxylic acids is 1. The molecule has 2 N–H and O–H groups in total. The Bertz CT molecular complexity index is 1330. The van der Waals surface area contributed by atoms with Gasteiger partial charge < -0.3 is 10.3 Å². The van der Waals surface area contributed by atoms with Crippen LogP contribution in [0.1, 0.15) is 31.2 Å². The van der Waals surface area contributed by atoms with Crippen molar-refractivity contribution in [1.29, 1.82) is 0 Å². The number of fused-ring (bicyclic) bond motifs is 3. The highest BCUT2D eigenvalue weighted by Gasteiger charge is 2.20. The molecular weight excluding hydrogens is 408 g/mol. The lowest BCUT2D eigenvalue weighted by Gasteiger charge is -2.15. The van der Waals surface area contributed by atoms with Gasteiger partial charge in [-0.2, -0.15) is 0 Å². The number of rotatable bonds is 5. The highest BCUT2D eigenvalue weighted by molar-refractivity contribution is 7.99. The van der Waals surface area contributed by atoms with Crippen molar-refractivity contribution in [3.63, 3.8) is 0 Å². The average molecular weight is 433 g/mol. The maximum atomic E-state index is 13.6. The van der Waals surface area contributed by atoms with Gasteiger partial charge in [-0.25, -0.2) is 4.98 Å². The van der Waals surface area contributed by atoms with Crippen molar-refractivity contribution in [2.24, 2.45) is 0 Å². The fourth-order valence-corrected chi connectivity index (χ4v) is 5.15. The molecule has 4 aromatic rings. The first-order chi connectivity index (χ1) is 15.1. The number of thioether (sulfide) groups is 1. The van der Waals surface area contributed by atoms with E-state index in [-0.39, 0.29) is 23.3 Å². The molecule has 1 amide bonds. The topological polar surface area (TPSA) is 79.8 Å². The first-order valence-electron chi connectivity index (χ1n) is 10.6. The second-order valence-corrected chi connectivity index (χ2v) is 9.00. The summed E-state index contributed by atoms with van der Waals surface area (Å²) in [7, 11) is 0. The van der Waals surface area contributed by atoms with Crippen LogP contribution in [0.25, 0.3) is 27.6 Å². The van der Waals surface area contributed by atoms with Crippen LogP contribution in [-0.2, 0) is 4.79 Å². The monoisotopic (exact) mass is 432 g/mol. The zero-order valence-electron chi connectivity index (χ0n) is 17.4. The highest BCUT2D eigenvalue weighted by Crippen LogP contribution is 2.27. The van der Waals surface area contributed by atoms with Crippen LogP contribution in [0.2, 0.25) is 0 Å². The summed E-state index contributed by atoms with van der Waals surface area (Å²) < 4.78 is 1.63. The molecule has 1 aliphatic rings. The number of carbonyl (C=O) groups is 1. The molecule has 2 heterocycles. The Morgan fingerprint density at radius 3 is 2.71 bits per heavy atom. The summed E-state index contributed by atoms with van der Waals surface area (Å²) >= 11 is 1.31. The second kappa shape index (κ2) is 8.23. The third kappa shape index (κ3) is 3.74. The van der Waals surface area contributed by atoms with Crippen LogP contribution in [0.15, 0.2) is 58.5 Å². The molecule has 2 aromatic heterocycles. The van der Waals surface area contributed by atoms with Gasteiger partial charge in [-0.1, -0.05) is 61.0 Å². The lowest BCUT2D eigenvalue weighted by molar-refractivity contribution is -0.119. The van der Waals surface area contributed by atoms with Crippen molar-refractivity contribution in [3.8, 4) is 5.69 Å². The summed E-state index contributed by atoms with van der Waals surface area (Å²) in [5.74, 6) is 0.212. The number of aryl methyl sites for hydroxylation is 1. The number of nitrogens with zero attached hydrogens (tertiary/aromatic N) is 2. The Kier molecular flexibility index (Phi) is 5.28. The van der Waals surface area contributed by atoms with Gasteiger partial charge in [0, 0.05) is 16.9 Å². The molecule has 0 aliphatic heterocycles. The zero-order chi connectivity index (χ0) is 21.4. The maximum Gasteiger partial charge on any atom is 0.283 e. The molecule has 1 aliphatic carbocycles. The van der Waals surface area contributed by atoms with E-state index in [0.29, 0.717) is 16.2 Å². The number of hydrogen-bond acceptors (Lipinski definition) is 4. The van der Waals surface area contributed by atoms with Gasteiger partial charge in [-0.05, 0) is 37.5 Å². The molecule has 158 valence electrons. The van der Waals surface area contributed by atoms with Gasteiger partial charge in [0.2, 0.25) is 5.91 Å². The van der Waals surface area contributed by atoms with E-state index < -0.39 is 0 Å². The van der Waals surface area contributed by atoms with E-state index in [1.807, 2.05) is 55.5 Å². The van der Waals surface area contributed by atoms with Gasteiger partial charge in [-0.15, -0.1) is 0 Å². The Hall–Kier alpha value is -3.06. The number of H-pyrrole nitrogens is 1. The van der Waals surface area contributed by atoms with E-state index in [1.54, 1.807) is 4.57 Å². The van der Waals surface area contributed by atoms with Crippen molar-refractivity contribution < 1.29 is 4.79 Å². The van der Waals surface area contributed by atoms with Gasteiger partial charge in [0.15, 0.2) is 5.16 Å². The number of para-hydroxylation sites is 2. The Morgan fingerprint density at radius 2 is 1.90 bits per heavy atom. The lowest BCUT2D eigenvalue weighted by Crippen LogP contribution is -2.34. The van der Waals surface area contributed by atoms with Crippen LogP contribution in [0.5, 0.6) is 0 Å². The first-order valence-corrected chi connectivity index (χ1v) is 11.6. The Balaban J connectivity index is 1.59. The largest absolute Gasteiger partial charge is 0.353 e. The van der Waals surface area contributed by atoms with Crippen molar-refractivity contribution in [2.45, 2.75) is 43.8 Å². The average Bonchev–Trinajstić information content (AvgIpc) is 3.41. The fraction of sp³-hybridized carbons (Fsp3) is 0.292. The van der Waals surface area contributed by atoms with E-state index in [2.05, 4.69) is 10.3 Å². The van der Waals surface area contributed by atoms with Crippen molar-refractivity contribution >= 4 is 39.6 Å². The minimum Gasteiger partial charge on any atom is -0.353 e. The first kappa shape index (κ1) is 19.9. The molecule has 0 bridgehead atoms. The smallest absolute Gasteiger partial charge is 0.283 e. The summed E-state index contributed by atoms with van der Waals surface area (Å²) in [6, 6.07) is 15.8. The van der Waals surface area contributed by atoms with Gasteiger partial charge in [0.1, 0.15) is 11.0 Å². The van der Waals surface area contributed by atoms with E-state index >= 15 is 0 Å². The summed E-state index contributed by atoms with van der Waals surface area (Å²) in [6.07, 6.45) is 4.43. The third-order valence-corrected chi connectivity index (χ3v) is 6.84. The van der Waals surface area contributed by atoms with Gasteiger partial charge >= 0.3 is 0 Å². The molecule has 31 heavy (non-hydrogen) atoms. The van der Waals surface area contributed by atoms with Crippen molar-refractivity contribution in [1.82, 2.24) is 19.9 Å². The van der Waals surface area contributed by atoms with Crippen LogP contribution >= 0.6 is 11.8 Å². The number of nitrogens with one attached hydrogen (secondary N) is 2. The van der Waals surface area contributed by atoms with Gasteiger partial charge in [-0.3, -0.25) is 14.2 Å². The molecule has 0 spiro atoms. The van der Waals surface area contributed by atoms with Crippen LogP contribution in [0.4, 0.5) is 0 Å². The van der Waals surface area contributed by atoms with E-state index in [9.17, 15) is 9.59 Å². The standard InChI is InChI=1S/C24H24N4O2S/c1-15-8-2-7-13-19(15)28-23(30)22-21(17-11-5-6-12-18(17)26-22)27-24(28)31-14-20(29)25-16-9-3-4-10-16/h2,5-8,11-13,16,26H,3-4,9-10,14H2,1H3,(H,25,29). The molecule has 0 radical (unpaired) electrons. The second-order valence-electron chi connectivity index (χ2n) is 8.05. The molecule has 1 fully saturated rings. The predicted octanol–water partition coefficient (Wildman–Crippen LogP) is 4.33. The minimum atomic E-state index is -0.158. The van der Waals surface area contributed by atoms with E-state index in [0.717, 1.165) is 35.0 Å². The van der Waals surface area contributed by atoms with Gasteiger partial charge in [0.25, 0.3) is 5.56 Å². The summed E-state index contributed by atoms with van der Waals surface area (Å²) in [5, 5.41) is 4.55. The summed E-state index contributed by atoms with van der Waals surface area (Å²) in [4.78, 5) is 34.2. The predicted molar refractivity (Wildman–Crippen MR) is 125 cm³/mol. The molecule has 6 nitrogen and oxygen atoms in total. The number of aromatic amines is 1. The van der Waals surface area contributed by atoms with Crippen molar-refractivity contribution in [2.75, 3.05) is 5.75 Å². The quantitative estimate of drug-likeness (QED) is 0.363. The highest BCUT2D eigenvalue weighted by atomic mass is 32.2. The minimum absolute atomic E-state index is 0.0125. The molecule has 0 unspecified atom stereocenters. The van der Waals surface area contributed by atoms with Crippen LogP contribution < -0.4 is 10.9 Å². The number of amides is 1. The maximum absolute atomic E-state index is 13.6. The van der Waals surface area contributed by atoms with Crippen molar-refractivity contribution in [3.05, 3.63) is 64.4 Å².